The molecule has 0 aliphatic carbocycles. The first kappa shape index (κ1) is 10.2. The second-order valence-electron chi connectivity index (χ2n) is 4.33. The van der Waals surface area contributed by atoms with Crippen LogP contribution >= 0.6 is 11.6 Å². The van der Waals surface area contributed by atoms with Crippen LogP contribution < -0.4 is 5.32 Å². The molecule has 2 atom stereocenters. The van der Waals surface area contributed by atoms with Gasteiger partial charge in [0.05, 0.1) is 6.04 Å². The minimum atomic E-state index is -0.0388. The Bertz CT molecular complexity index is 418. The van der Waals surface area contributed by atoms with Crippen LogP contribution in [0.1, 0.15) is 23.4 Å². The normalized spacial score (nSPS) is 28.4. The molecule has 2 aliphatic heterocycles. The lowest BCUT2D eigenvalue weighted by molar-refractivity contribution is 0.0338. The Morgan fingerprint density at radius 1 is 1.56 bits per heavy atom. The first-order valence-corrected chi connectivity index (χ1v) is 5.93. The number of rotatable bonds is 1. The zero-order chi connectivity index (χ0) is 11.1. The molecule has 2 saturated heterocycles. The average molecular weight is 241 g/mol. The standard InChI is InChI=1S/C11H13ClN2O2/c12-10-4-3-9(16-10)11(15)14-5-1-2-7-8(14)6-13-7/h3-4,7-8,13H,1-2,5-6H2. The van der Waals surface area contributed by atoms with Crippen LogP contribution in [0.4, 0.5) is 0 Å². The molecule has 2 unspecified atom stereocenters. The van der Waals surface area contributed by atoms with Gasteiger partial charge < -0.3 is 14.6 Å². The Morgan fingerprint density at radius 2 is 2.44 bits per heavy atom. The van der Waals surface area contributed by atoms with Gasteiger partial charge in [-0.15, -0.1) is 0 Å². The molecule has 2 fully saturated rings. The molecular weight excluding hydrogens is 228 g/mol. The molecule has 0 spiro atoms. The van der Waals surface area contributed by atoms with Crippen molar-refractivity contribution in [3.05, 3.63) is 23.1 Å². The van der Waals surface area contributed by atoms with Crippen LogP contribution in [0.15, 0.2) is 16.5 Å². The average Bonchev–Trinajstić information content (AvgIpc) is 2.65. The zero-order valence-electron chi connectivity index (χ0n) is 8.78. The van der Waals surface area contributed by atoms with Gasteiger partial charge in [0.15, 0.2) is 11.0 Å². The number of carbonyl (C=O) groups excluding carboxylic acids is 1. The van der Waals surface area contributed by atoms with Crippen LogP contribution in [-0.2, 0) is 0 Å². The number of halogens is 1. The van der Waals surface area contributed by atoms with Crippen LogP contribution in [0.5, 0.6) is 0 Å². The number of amides is 1. The fraction of sp³-hybridized carbons (Fsp3) is 0.545. The maximum absolute atomic E-state index is 12.1. The third kappa shape index (κ3) is 1.53. The number of furan rings is 1. The number of piperidine rings is 1. The molecule has 1 aromatic heterocycles. The van der Waals surface area contributed by atoms with Crippen LogP contribution in [0, 0.1) is 0 Å². The first-order chi connectivity index (χ1) is 7.75. The van der Waals surface area contributed by atoms with Crippen LogP contribution in [-0.4, -0.2) is 36.0 Å². The minimum Gasteiger partial charge on any atom is -0.440 e. The Labute approximate surface area is 98.5 Å². The van der Waals surface area contributed by atoms with Crippen LogP contribution in [0.25, 0.3) is 0 Å². The summed E-state index contributed by atoms with van der Waals surface area (Å²) in [6, 6.07) is 4.06. The summed E-state index contributed by atoms with van der Waals surface area (Å²) in [7, 11) is 0. The monoisotopic (exact) mass is 240 g/mol. The Kier molecular flexibility index (Phi) is 2.41. The number of nitrogens with one attached hydrogen (secondary N) is 1. The number of hydrogen-bond donors (Lipinski definition) is 1. The van der Waals surface area contributed by atoms with Crippen molar-refractivity contribution in [3.8, 4) is 0 Å². The van der Waals surface area contributed by atoms with E-state index < -0.39 is 0 Å². The van der Waals surface area contributed by atoms with E-state index >= 15 is 0 Å². The van der Waals surface area contributed by atoms with E-state index in [0.717, 1.165) is 25.9 Å². The predicted molar refractivity (Wildman–Crippen MR) is 59.6 cm³/mol. The molecule has 3 heterocycles. The van der Waals surface area contributed by atoms with Crippen molar-refractivity contribution in [2.75, 3.05) is 13.1 Å². The maximum atomic E-state index is 12.1. The molecular formula is C11H13ClN2O2. The third-order valence-electron chi connectivity index (χ3n) is 3.41. The van der Waals surface area contributed by atoms with Gasteiger partial charge in [0, 0.05) is 19.1 Å². The summed E-state index contributed by atoms with van der Waals surface area (Å²) in [4.78, 5) is 14.1. The zero-order valence-corrected chi connectivity index (χ0v) is 9.54. The van der Waals surface area contributed by atoms with Crippen molar-refractivity contribution in [2.45, 2.75) is 24.9 Å². The minimum absolute atomic E-state index is 0.0388. The van der Waals surface area contributed by atoms with Gasteiger partial charge in [-0.3, -0.25) is 4.79 Å². The highest BCUT2D eigenvalue weighted by Crippen LogP contribution is 2.26. The van der Waals surface area contributed by atoms with Crippen molar-refractivity contribution in [2.24, 2.45) is 0 Å². The van der Waals surface area contributed by atoms with Gasteiger partial charge in [0.1, 0.15) is 0 Å². The smallest absolute Gasteiger partial charge is 0.289 e. The number of likely N-dealkylation sites (tertiary alicyclic amines) is 1. The highest BCUT2D eigenvalue weighted by molar-refractivity contribution is 6.29. The second kappa shape index (κ2) is 3.79. The molecule has 86 valence electrons. The van der Waals surface area contributed by atoms with Gasteiger partial charge in [-0.05, 0) is 36.6 Å². The summed E-state index contributed by atoms with van der Waals surface area (Å²) in [6.45, 7) is 1.71. The van der Waals surface area contributed by atoms with Gasteiger partial charge >= 0.3 is 0 Å². The van der Waals surface area contributed by atoms with Crippen molar-refractivity contribution >= 4 is 17.5 Å². The molecule has 3 rings (SSSR count). The Hall–Kier alpha value is -1.00. The molecule has 1 aromatic rings. The van der Waals surface area contributed by atoms with Crippen molar-refractivity contribution in [3.63, 3.8) is 0 Å². The SMILES string of the molecule is O=C(c1ccc(Cl)o1)N1CCCC2NCC21. The molecule has 0 aromatic carbocycles. The topological polar surface area (TPSA) is 45.5 Å². The highest BCUT2D eigenvalue weighted by Gasteiger charge is 2.40. The van der Waals surface area contributed by atoms with Crippen molar-refractivity contribution in [1.82, 2.24) is 10.2 Å². The van der Waals surface area contributed by atoms with E-state index in [0.29, 0.717) is 17.8 Å². The lowest BCUT2D eigenvalue weighted by Crippen LogP contribution is -2.68. The molecule has 16 heavy (non-hydrogen) atoms. The van der Waals surface area contributed by atoms with Gasteiger partial charge in [-0.1, -0.05) is 0 Å². The fourth-order valence-electron chi connectivity index (χ4n) is 2.48. The quantitative estimate of drug-likeness (QED) is 0.810. The fourth-order valence-corrected chi connectivity index (χ4v) is 2.63. The molecule has 2 aliphatic rings. The van der Waals surface area contributed by atoms with E-state index in [4.69, 9.17) is 16.0 Å². The van der Waals surface area contributed by atoms with E-state index in [1.165, 1.54) is 0 Å². The number of hydrogen-bond acceptors (Lipinski definition) is 3. The lowest BCUT2D eigenvalue weighted by atomic mass is 9.89. The molecule has 0 radical (unpaired) electrons. The van der Waals surface area contributed by atoms with E-state index in [9.17, 15) is 4.79 Å². The van der Waals surface area contributed by atoms with Gasteiger partial charge in [0.25, 0.3) is 5.91 Å². The Balaban J connectivity index is 1.79. The summed E-state index contributed by atoms with van der Waals surface area (Å²) in [6.07, 6.45) is 2.21. The number of fused-ring (bicyclic) bond motifs is 1. The summed E-state index contributed by atoms with van der Waals surface area (Å²) in [5, 5.41) is 3.61. The van der Waals surface area contributed by atoms with E-state index in [1.807, 2.05) is 4.90 Å². The van der Waals surface area contributed by atoms with E-state index in [1.54, 1.807) is 12.1 Å². The Morgan fingerprint density at radius 3 is 3.06 bits per heavy atom. The summed E-state index contributed by atoms with van der Waals surface area (Å²) in [5.41, 5.74) is 0. The van der Waals surface area contributed by atoms with Gasteiger partial charge in [0.2, 0.25) is 0 Å². The van der Waals surface area contributed by atoms with Crippen molar-refractivity contribution < 1.29 is 9.21 Å². The summed E-state index contributed by atoms with van der Waals surface area (Å²) < 4.78 is 5.16. The van der Waals surface area contributed by atoms with E-state index in [-0.39, 0.29) is 11.1 Å². The molecule has 5 heteroatoms. The van der Waals surface area contributed by atoms with Crippen molar-refractivity contribution in [1.29, 1.82) is 0 Å². The molecule has 4 nitrogen and oxygen atoms in total. The van der Waals surface area contributed by atoms with Crippen LogP contribution in [0.2, 0.25) is 5.22 Å². The molecule has 0 saturated carbocycles. The summed E-state index contributed by atoms with van der Waals surface area (Å²) >= 11 is 5.67. The highest BCUT2D eigenvalue weighted by atomic mass is 35.5. The maximum Gasteiger partial charge on any atom is 0.289 e. The van der Waals surface area contributed by atoms with E-state index in [2.05, 4.69) is 5.32 Å². The lowest BCUT2D eigenvalue weighted by Gasteiger charge is -2.48. The summed E-state index contributed by atoms with van der Waals surface area (Å²) in [5.74, 6) is 0.306. The second-order valence-corrected chi connectivity index (χ2v) is 4.70. The predicted octanol–water partition coefficient (Wildman–Crippen LogP) is 1.51. The van der Waals surface area contributed by atoms with Gasteiger partial charge in [-0.25, -0.2) is 0 Å². The van der Waals surface area contributed by atoms with Crippen LogP contribution in [0.3, 0.4) is 0 Å². The number of nitrogens with zero attached hydrogens (tertiary/aromatic N) is 1. The molecule has 1 amide bonds. The third-order valence-corrected chi connectivity index (χ3v) is 3.62. The first-order valence-electron chi connectivity index (χ1n) is 5.55. The van der Waals surface area contributed by atoms with Gasteiger partial charge in [-0.2, -0.15) is 0 Å². The molecule has 0 bridgehead atoms. The molecule has 1 N–H and O–H groups in total. The largest absolute Gasteiger partial charge is 0.440 e. The number of carbonyl (C=O) groups is 1.